The minimum Gasteiger partial charge on any atom is -0.496 e. The standard InChI is InChI=1S/C25H28N2O4/c1-31-22-13-7-5-11-18(22)25(30)26-14-20-23(17-10-4-6-12-19(17)26)21(15-28)27(20)24(29)16-8-2-3-9-16/h4-7,10-13,16,20-21,23,28H,2-3,8-9,14-15H2,1H3/t20-,21+,23+/m0/s1. The van der Waals surface area contributed by atoms with Gasteiger partial charge in [-0.1, -0.05) is 43.2 Å². The molecule has 0 radical (unpaired) electrons. The summed E-state index contributed by atoms with van der Waals surface area (Å²) in [4.78, 5) is 30.5. The molecule has 3 aliphatic rings. The number of carbonyl (C=O) groups is 2. The van der Waals surface area contributed by atoms with Crippen molar-refractivity contribution >= 4 is 17.5 Å². The van der Waals surface area contributed by atoms with E-state index in [2.05, 4.69) is 0 Å². The first-order valence-electron chi connectivity index (χ1n) is 11.1. The molecule has 1 saturated heterocycles. The number of para-hydroxylation sites is 2. The van der Waals surface area contributed by atoms with E-state index in [0.29, 0.717) is 17.9 Å². The van der Waals surface area contributed by atoms with Crippen molar-refractivity contribution in [2.24, 2.45) is 5.92 Å². The summed E-state index contributed by atoms with van der Waals surface area (Å²) in [6.07, 6.45) is 4.02. The Bertz CT molecular complexity index is 1000. The Balaban J connectivity index is 1.52. The molecule has 0 spiro atoms. The molecule has 6 heteroatoms. The fourth-order valence-electron chi connectivity index (χ4n) is 5.73. The molecule has 0 bridgehead atoms. The molecule has 1 N–H and O–H groups in total. The summed E-state index contributed by atoms with van der Waals surface area (Å²) in [6.45, 7) is 0.363. The monoisotopic (exact) mass is 420 g/mol. The number of likely N-dealkylation sites (tertiary alicyclic amines) is 1. The topological polar surface area (TPSA) is 70.1 Å². The summed E-state index contributed by atoms with van der Waals surface area (Å²) in [5.74, 6) is 0.637. The quantitative estimate of drug-likeness (QED) is 0.825. The third kappa shape index (κ3) is 3.12. The highest BCUT2D eigenvalue weighted by molar-refractivity contribution is 6.09. The van der Waals surface area contributed by atoms with Crippen LogP contribution < -0.4 is 9.64 Å². The summed E-state index contributed by atoms with van der Waals surface area (Å²) >= 11 is 0. The SMILES string of the molecule is COc1ccccc1C(=O)N1C[C@H]2[C@@H](c3ccccc31)[C@@H](CO)N2C(=O)C1CCCC1. The average molecular weight is 421 g/mol. The number of carbonyl (C=O) groups excluding carboxylic acids is 2. The molecule has 5 rings (SSSR count). The molecule has 2 fully saturated rings. The molecule has 1 saturated carbocycles. The van der Waals surface area contributed by atoms with E-state index in [1.165, 1.54) is 0 Å². The van der Waals surface area contributed by atoms with Crippen molar-refractivity contribution in [3.8, 4) is 5.75 Å². The lowest BCUT2D eigenvalue weighted by molar-refractivity contribution is -0.154. The average Bonchev–Trinajstić information content (AvgIpc) is 3.34. The van der Waals surface area contributed by atoms with Crippen LogP contribution in [0, 0.1) is 5.92 Å². The molecule has 2 amide bonds. The third-order valence-corrected chi connectivity index (χ3v) is 7.23. The van der Waals surface area contributed by atoms with Crippen molar-refractivity contribution < 1.29 is 19.4 Å². The summed E-state index contributed by atoms with van der Waals surface area (Å²) in [5.41, 5.74) is 2.38. The highest BCUT2D eigenvalue weighted by atomic mass is 16.5. The van der Waals surface area contributed by atoms with Crippen LogP contribution >= 0.6 is 0 Å². The fourth-order valence-corrected chi connectivity index (χ4v) is 5.73. The smallest absolute Gasteiger partial charge is 0.262 e. The summed E-state index contributed by atoms with van der Waals surface area (Å²) in [7, 11) is 1.56. The highest BCUT2D eigenvalue weighted by Gasteiger charge is 2.56. The van der Waals surface area contributed by atoms with Gasteiger partial charge in [0.2, 0.25) is 5.91 Å². The van der Waals surface area contributed by atoms with E-state index in [4.69, 9.17) is 4.74 Å². The van der Waals surface area contributed by atoms with Crippen LogP contribution in [0.15, 0.2) is 48.5 Å². The van der Waals surface area contributed by atoms with Crippen molar-refractivity contribution in [1.82, 2.24) is 4.90 Å². The maximum atomic E-state index is 13.6. The van der Waals surface area contributed by atoms with E-state index in [1.807, 2.05) is 41.3 Å². The van der Waals surface area contributed by atoms with Gasteiger partial charge in [0, 0.05) is 24.1 Å². The number of rotatable bonds is 4. The molecule has 0 unspecified atom stereocenters. The van der Waals surface area contributed by atoms with Crippen LogP contribution in [-0.4, -0.2) is 54.2 Å². The van der Waals surface area contributed by atoms with Crippen LogP contribution in [0.1, 0.15) is 47.5 Å². The number of fused-ring (bicyclic) bond motifs is 3. The van der Waals surface area contributed by atoms with Gasteiger partial charge in [0.15, 0.2) is 0 Å². The number of aliphatic hydroxyl groups excluding tert-OH is 1. The first-order valence-corrected chi connectivity index (χ1v) is 11.1. The minimum absolute atomic E-state index is 0.0468. The Morgan fingerprint density at radius 1 is 1.06 bits per heavy atom. The number of amides is 2. The van der Waals surface area contributed by atoms with Gasteiger partial charge < -0.3 is 19.6 Å². The lowest BCUT2D eigenvalue weighted by Gasteiger charge is -2.59. The zero-order valence-corrected chi connectivity index (χ0v) is 17.7. The van der Waals surface area contributed by atoms with Crippen LogP contribution in [0.25, 0.3) is 0 Å². The molecule has 2 aromatic carbocycles. The van der Waals surface area contributed by atoms with E-state index in [9.17, 15) is 14.7 Å². The highest BCUT2D eigenvalue weighted by Crippen LogP contribution is 2.49. The van der Waals surface area contributed by atoms with Gasteiger partial charge in [-0.15, -0.1) is 0 Å². The second-order valence-corrected chi connectivity index (χ2v) is 8.74. The predicted molar refractivity (Wildman–Crippen MR) is 117 cm³/mol. The Labute approximate surface area is 182 Å². The molecule has 31 heavy (non-hydrogen) atoms. The molecule has 0 aromatic heterocycles. The first kappa shape index (κ1) is 20.1. The number of hydrogen-bond acceptors (Lipinski definition) is 4. The zero-order valence-electron chi connectivity index (χ0n) is 17.7. The second-order valence-electron chi connectivity index (χ2n) is 8.74. The van der Waals surface area contributed by atoms with Gasteiger partial charge in [0.05, 0.1) is 31.4 Å². The van der Waals surface area contributed by atoms with Crippen molar-refractivity contribution in [2.75, 3.05) is 25.2 Å². The second kappa shape index (κ2) is 8.00. The van der Waals surface area contributed by atoms with E-state index in [0.717, 1.165) is 36.9 Å². The third-order valence-electron chi connectivity index (χ3n) is 7.23. The van der Waals surface area contributed by atoms with Crippen LogP contribution in [0.4, 0.5) is 5.69 Å². The van der Waals surface area contributed by atoms with Crippen molar-refractivity contribution in [1.29, 1.82) is 0 Å². The number of nitrogens with zero attached hydrogens (tertiary/aromatic N) is 2. The Hall–Kier alpha value is -2.86. The molecule has 2 aromatic rings. The largest absolute Gasteiger partial charge is 0.496 e. The maximum absolute atomic E-state index is 13.6. The predicted octanol–water partition coefficient (Wildman–Crippen LogP) is 3.20. The molecule has 1 aliphatic carbocycles. The fraction of sp³-hybridized carbons (Fsp3) is 0.440. The molecule has 6 nitrogen and oxygen atoms in total. The molecule has 162 valence electrons. The van der Waals surface area contributed by atoms with Crippen LogP contribution in [-0.2, 0) is 4.79 Å². The molecular weight excluding hydrogens is 392 g/mol. The lowest BCUT2D eigenvalue weighted by Crippen LogP contribution is -2.71. The van der Waals surface area contributed by atoms with Gasteiger partial charge in [-0.3, -0.25) is 9.59 Å². The van der Waals surface area contributed by atoms with Crippen LogP contribution in [0.3, 0.4) is 0 Å². The lowest BCUT2D eigenvalue weighted by atomic mass is 9.71. The van der Waals surface area contributed by atoms with E-state index in [-0.39, 0.29) is 42.3 Å². The Morgan fingerprint density at radius 3 is 2.52 bits per heavy atom. The van der Waals surface area contributed by atoms with Crippen molar-refractivity contribution in [3.05, 3.63) is 59.7 Å². The zero-order chi connectivity index (χ0) is 21.5. The first-order chi connectivity index (χ1) is 15.2. The summed E-state index contributed by atoms with van der Waals surface area (Å²) in [6, 6.07) is 14.8. The van der Waals surface area contributed by atoms with Gasteiger partial charge in [-0.25, -0.2) is 0 Å². The summed E-state index contributed by atoms with van der Waals surface area (Å²) in [5, 5.41) is 10.1. The Morgan fingerprint density at radius 2 is 1.77 bits per heavy atom. The van der Waals surface area contributed by atoms with Crippen LogP contribution in [0.2, 0.25) is 0 Å². The summed E-state index contributed by atoms with van der Waals surface area (Å²) < 4.78 is 5.42. The molecule has 3 atom stereocenters. The normalized spacial score (nSPS) is 24.9. The van der Waals surface area contributed by atoms with E-state index < -0.39 is 0 Å². The van der Waals surface area contributed by atoms with Crippen molar-refractivity contribution in [3.63, 3.8) is 0 Å². The van der Waals surface area contributed by atoms with Gasteiger partial charge in [0.1, 0.15) is 5.75 Å². The minimum atomic E-state index is -0.220. The number of hydrogen-bond donors (Lipinski definition) is 1. The maximum Gasteiger partial charge on any atom is 0.262 e. The van der Waals surface area contributed by atoms with Gasteiger partial charge in [-0.2, -0.15) is 0 Å². The van der Waals surface area contributed by atoms with E-state index in [1.54, 1.807) is 24.1 Å². The van der Waals surface area contributed by atoms with Gasteiger partial charge in [0.25, 0.3) is 5.91 Å². The van der Waals surface area contributed by atoms with Crippen LogP contribution in [0.5, 0.6) is 5.75 Å². The van der Waals surface area contributed by atoms with E-state index >= 15 is 0 Å². The van der Waals surface area contributed by atoms with Gasteiger partial charge in [-0.05, 0) is 36.6 Å². The number of anilines is 1. The van der Waals surface area contributed by atoms with Gasteiger partial charge >= 0.3 is 0 Å². The molecular formula is C25H28N2O4. The Kier molecular flexibility index (Phi) is 5.18. The molecule has 2 heterocycles. The molecule has 2 aliphatic heterocycles. The number of methoxy groups -OCH3 is 1. The van der Waals surface area contributed by atoms with Crippen molar-refractivity contribution in [2.45, 2.75) is 43.7 Å². The number of aliphatic hydroxyl groups is 1. The number of ether oxygens (including phenoxy) is 1. The number of benzene rings is 2.